The summed E-state index contributed by atoms with van der Waals surface area (Å²) in [6.45, 7) is 5.45. The van der Waals surface area contributed by atoms with Gasteiger partial charge in [0.15, 0.2) is 5.11 Å². The van der Waals surface area contributed by atoms with Gasteiger partial charge < -0.3 is 10.6 Å². The molecule has 0 spiro atoms. The van der Waals surface area contributed by atoms with E-state index in [-0.39, 0.29) is 0 Å². The van der Waals surface area contributed by atoms with Gasteiger partial charge in [-0.1, -0.05) is 69.5 Å². The molecule has 1 unspecified atom stereocenters. The second-order valence-corrected chi connectivity index (χ2v) is 6.19. The van der Waals surface area contributed by atoms with Gasteiger partial charge in [-0.25, -0.2) is 0 Å². The number of hydrogen-bond donors (Lipinski definition) is 2. The molecule has 2 aromatic carbocycles. The van der Waals surface area contributed by atoms with E-state index in [1.807, 2.05) is 0 Å². The molecule has 2 nitrogen and oxygen atoms in total. The standard InChI is InChI=1S/C19H26N2S/c1-3-5-9-15(4-2)14-20-19(22)21-18-13-8-11-16-10-6-7-12-17(16)18/h6-8,10-13,15H,3-5,9,14H2,1-2H3,(H2,20,21,22). The van der Waals surface area contributed by atoms with E-state index in [1.165, 1.54) is 36.5 Å². The van der Waals surface area contributed by atoms with Gasteiger partial charge in [0, 0.05) is 17.6 Å². The molecule has 0 radical (unpaired) electrons. The zero-order valence-corrected chi connectivity index (χ0v) is 14.4. The first kappa shape index (κ1) is 16.8. The van der Waals surface area contributed by atoms with Gasteiger partial charge in [0.05, 0.1) is 0 Å². The lowest BCUT2D eigenvalue weighted by Gasteiger charge is -2.18. The number of unbranched alkanes of at least 4 members (excludes halogenated alkanes) is 1. The van der Waals surface area contributed by atoms with E-state index in [4.69, 9.17) is 12.2 Å². The molecule has 2 aromatic rings. The van der Waals surface area contributed by atoms with Crippen LogP contribution < -0.4 is 10.6 Å². The highest BCUT2D eigenvalue weighted by Gasteiger charge is 2.07. The van der Waals surface area contributed by atoms with Gasteiger partial charge in [0.2, 0.25) is 0 Å². The van der Waals surface area contributed by atoms with Crippen molar-refractivity contribution in [1.29, 1.82) is 0 Å². The molecule has 0 aromatic heterocycles. The van der Waals surface area contributed by atoms with Crippen molar-refractivity contribution >= 4 is 33.8 Å². The Labute approximate surface area is 139 Å². The molecule has 0 saturated carbocycles. The number of benzene rings is 2. The average Bonchev–Trinajstić information content (AvgIpc) is 2.55. The molecule has 0 amide bonds. The molecule has 118 valence electrons. The first-order chi connectivity index (χ1) is 10.7. The normalized spacial score (nSPS) is 12.1. The summed E-state index contributed by atoms with van der Waals surface area (Å²) in [5.41, 5.74) is 1.07. The lowest BCUT2D eigenvalue weighted by molar-refractivity contribution is 0.446. The van der Waals surface area contributed by atoms with Crippen LogP contribution in [-0.2, 0) is 0 Å². The highest BCUT2D eigenvalue weighted by atomic mass is 32.1. The molecule has 22 heavy (non-hydrogen) atoms. The van der Waals surface area contributed by atoms with Crippen molar-refractivity contribution in [2.75, 3.05) is 11.9 Å². The van der Waals surface area contributed by atoms with Crippen molar-refractivity contribution in [3.8, 4) is 0 Å². The zero-order valence-electron chi connectivity index (χ0n) is 13.6. The van der Waals surface area contributed by atoms with Gasteiger partial charge in [-0.2, -0.15) is 0 Å². The summed E-state index contributed by atoms with van der Waals surface area (Å²) in [5.74, 6) is 0.701. The van der Waals surface area contributed by atoms with Gasteiger partial charge in [0.1, 0.15) is 0 Å². The van der Waals surface area contributed by atoms with Crippen molar-refractivity contribution in [3.05, 3.63) is 42.5 Å². The first-order valence-electron chi connectivity index (χ1n) is 8.27. The van der Waals surface area contributed by atoms with E-state index >= 15 is 0 Å². The van der Waals surface area contributed by atoms with Crippen LogP contribution in [0.3, 0.4) is 0 Å². The van der Waals surface area contributed by atoms with Crippen molar-refractivity contribution < 1.29 is 0 Å². The van der Waals surface area contributed by atoms with Crippen LogP contribution in [0.1, 0.15) is 39.5 Å². The Morgan fingerprint density at radius 2 is 1.86 bits per heavy atom. The molecule has 0 aliphatic carbocycles. The number of rotatable bonds is 7. The summed E-state index contributed by atoms with van der Waals surface area (Å²) >= 11 is 5.46. The quantitative estimate of drug-likeness (QED) is 0.674. The van der Waals surface area contributed by atoms with Crippen LogP contribution in [0.25, 0.3) is 10.8 Å². The van der Waals surface area contributed by atoms with Crippen LogP contribution in [0.4, 0.5) is 5.69 Å². The minimum Gasteiger partial charge on any atom is -0.362 e. The Hall–Kier alpha value is -1.61. The number of fused-ring (bicyclic) bond motifs is 1. The monoisotopic (exact) mass is 314 g/mol. The summed E-state index contributed by atoms with van der Waals surface area (Å²) in [6.07, 6.45) is 5.03. The third kappa shape index (κ3) is 4.70. The van der Waals surface area contributed by atoms with Crippen molar-refractivity contribution in [2.45, 2.75) is 39.5 Å². The zero-order chi connectivity index (χ0) is 15.8. The van der Waals surface area contributed by atoms with Crippen LogP contribution in [-0.4, -0.2) is 11.7 Å². The second-order valence-electron chi connectivity index (χ2n) is 5.78. The van der Waals surface area contributed by atoms with Gasteiger partial charge in [0.25, 0.3) is 0 Å². The van der Waals surface area contributed by atoms with E-state index < -0.39 is 0 Å². The largest absolute Gasteiger partial charge is 0.362 e. The molecule has 2 rings (SSSR count). The summed E-state index contributed by atoms with van der Waals surface area (Å²) in [5, 5.41) is 9.86. The van der Waals surface area contributed by atoms with Gasteiger partial charge in [-0.3, -0.25) is 0 Å². The number of hydrogen-bond acceptors (Lipinski definition) is 1. The Kier molecular flexibility index (Phi) is 6.66. The molecular weight excluding hydrogens is 288 g/mol. The van der Waals surface area contributed by atoms with E-state index in [2.05, 4.69) is 66.9 Å². The summed E-state index contributed by atoms with van der Waals surface area (Å²) in [6, 6.07) is 14.6. The third-order valence-electron chi connectivity index (χ3n) is 4.13. The van der Waals surface area contributed by atoms with Crippen LogP contribution in [0.2, 0.25) is 0 Å². The lowest BCUT2D eigenvalue weighted by Crippen LogP contribution is -2.32. The van der Waals surface area contributed by atoms with E-state index in [0.717, 1.165) is 12.2 Å². The fourth-order valence-corrected chi connectivity index (χ4v) is 2.87. The number of nitrogens with one attached hydrogen (secondary N) is 2. The smallest absolute Gasteiger partial charge is 0.170 e. The molecule has 0 aliphatic heterocycles. The minimum atomic E-state index is 0.701. The Balaban J connectivity index is 1.93. The predicted octanol–water partition coefficient (Wildman–Crippen LogP) is 5.34. The molecule has 0 bridgehead atoms. The second kappa shape index (κ2) is 8.74. The van der Waals surface area contributed by atoms with Crippen LogP contribution in [0, 0.1) is 5.92 Å². The molecule has 1 atom stereocenters. The maximum atomic E-state index is 5.46. The minimum absolute atomic E-state index is 0.701. The molecule has 2 N–H and O–H groups in total. The van der Waals surface area contributed by atoms with E-state index in [0.29, 0.717) is 11.0 Å². The number of anilines is 1. The van der Waals surface area contributed by atoms with Crippen molar-refractivity contribution in [2.24, 2.45) is 5.92 Å². The number of thiocarbonyl (C=S) groups is 1. The highest BCUT2D eigenvalue weighted by Crippen LogP contribution is 2.22. The van der Waals surface area contributed by atoms with Crippen LogP contribution >= 0.6 is 12.2 Å². The summed E-state index contributed by atoms with van der Waals surface area (Å²) < 4.78 is 0. The van der Waals surface area contributed by atoms with Crippen LogP contribution in [0.5, 0.6) is 0 Å². The Bertz CT molecular complexity index is 604. The fourth-order valence-electron chi connectivity index (χ4n) is 2.68. The maximum absolute atomic E-state index is 5.46. The van der Waals surface area contributed by atoms with Gasteiger partial charge in [-0.15, -0.1) is 0 Å². The Morgan fingerprint density at radius 3 is 2.64 bits per heavy atom. The summed E-state index contributed by atoms with van der Waals surface area (Å²) in [7, 11) is 0. The molecule has 0 heterocycles. The highest BCUT2D eigenvalue weighted by molar-refractivity contribution is 7.80. The maximum Gasteiger partial charge on any atom is 0.170 e. The SMILES string of the molecule is CCCCC(CC)CNC(=S)Nc1cccc2ccccc12. The fraction of sp³-hybridized carbons (Fsp3) is 0.421. The van der Waals surface area contributed by atoms with Gasteiger partial charge >= 0.3 is 0 Å². The lowest BCUT2D eigenvalue weighted by atomic mass is 9.99. The van der Waals surface area contributed by atoms with Crippen LogP contribution in [0.15, 0.2) is 42.5 Å². The third-order valence-corrected chi connectivity index (χ3v) is 4.38. The van der Waals surface area contributed by atoms with Gasteiger partial charge in [-0.05, 0) is 36.0 Å². The molecule has 0 aliphatic rings. The molecule has 0 fully saturated rings. The molecule has 3 heteroatoms. The average molecular weight is 314 g/mol. The van der Waals surface area contributed by atoms with E-state index in [1.54, 1.807) is 0 Å². The molecule has 0 saturated heterocycles. The van der Waals surface area contributed by atoms with Crippen molar-refractivity contribution in [1.82, 2.24) is 5.32 Å². The Morgan fingerprint density at radius 1 is 1.09 bits per heavy atom. The summed E-state index contributed by atoms with van der Waals surface area (Å²) in [4.78, 5) is 0. The predicted molar refractivity (Wildman–Crippen MR) is 101 cm³/mol. The molecular formula is C19H26N2S. The van der Waals surface area contributed by atoms with E-state index in [9.17, 15) is 0 Å². The first-order valence-corrected chi connectivity index (χ1v) is 8.68. The topological polar surface area (TPSA) is 24.1 Å². The van der Waals surface area contributed by atoms with Crippen molar-refractivity contribution in [3.63, 3.8) is 0 Å².